The first-order valence-electron chi connectivity index (χ1n) is 9.59. The molecule has 6 heteroatoms. The first-order valence-corrected chi connectivity index (χ1v) is 11.4. The van der Waals surface area contributed by atoms with E-state index < -0.39 is 10.0 Å². The molecule has 1 unspecified atom stereocenters. The Morgan fingerprint density at radius 2 is 1.79 bits per heavy atom. The third-order valence-corrected chi connectivity index (χ3v) is 6.39. The van der Waals surface area contributed by atoms with Gasteiger partial charge in [0.25, 0.3) is 0 Å². The molecule has 0 fully saturated rings. The van der Waals surface area contributed by atoms with E-state index in [2.05, 4.69) is 11.4 Å². The second kappa shape index (κ2) is 7.95. The Hall–Kier alpha value is -2.34. The molecule has 2 aromatic rings. The van der Waals surface area contributed by atoms with E-state index in [0.29, 0.717) is 5.69 Å². The van der Waals surface area contributed by atoms with E-state index in [-0.39, 0.29) is 18.5 Å². The molecule has 0 radical (unpaired) electrons. The number of sulfonamides is 1. The first kappa shape index (κ1) is 20.4. The lowest BCUT2D eigenvalue weighted by Gasteiger charge is -2.29. The topological polar surface area (TPSA) is 66.5 Å². The molecule has 28 heavy (non-hydrogen) atoms. The molecular weight excluding hydrogens is 372 g/mol. The zero-order valence-corrected chi connectivity index (χ0v) is 17.8. The molecule has 5 nitrogen and oxygen atoms in total. The summed E-state index contributed by atoms with van der Waals surface area (Å²) in [7, 11) is -3.60. The molecule has 1 atom stereocenters. The molecule has 0 aromatic heterocycles. The van der Waals surface area contributed by atoms with Gasteiger partial charge in [0, 0.05) is 0 Å². The van der Waals surface area contributed by atoms with Crippen LogP contribution in [0.5, 0.6) is 0 Å². The molecule has 0 heterocycles. The van der Waals surface area contributed by atoms with E-state index in [1.165, 1.54) is 9.87 Å². The average molecular weight is 401 g/mol. The molecule has 1 aliphatic rings. The number of nitrogens with zero attached hydrogens (tertiary/aromatic N) is 1. The van der Waals surface area contributed by atoms with Gasteiger partial charge in [0.05, 0.1) is 18.0 Å². The van der Waals surface area contributed by atoms with Crippen molar-refractivity contribution in [2.24, 2.45) is 0 Å². The maximum Gasteiger partial charge on any atom is 0.241 e. The van der Waals surface area contributed by atoms with Crippen LogP contribution in [0.2, 0.25) is 0 Å². The average Bonchev–Trinajstić information content (AvgIpc) is 2.59. The number of aryl methyl sites for hydroxylation is 4. The van der Waals surface area contributed by atoms with Gasteiger partial charge < -0.3 is 5.32 Å². The zero-order valence-electron chi connectivity index (χ0n) is 17.0. The van der Waals surface area contributed by atoms with Crippen molar-refractivity contribution in [1.29, 1.82) is 0 Å². The minimum Gasteiger partial charge on any atom is -0.348 e. The van der Waals surface area contributed by atoms with Crippen LogP contribution < -0.4 is 9.62 Å². The Morgan fingerprint density at radius 1 is 1.14 bits per heavy atom. The summed E-state index contributed by atoms with van der Waals surface area (Å²) in [6, 6.07) is 11.9. The monoisotopic (exact) mass is 400 g/mol. The predicted octanol–water partition coefficient (Wildman–Crippen LogP) is 3.57. The third-order valence-electron chi connectivity index (χ3n) is 5.28. The maximum absolute atomic E-state index is 12.8. The van der Waals surface area contributed by atoms with Crippen LogP contribution in [0.3, 0.4) is 0 Å². The standard InChI is InChI=1S/C22H28N2O3S/c1-15-12-16(2)22(17(3)13-15)24(28(4,26)27)14-21(25)23-20-11-7-9-18-8-5-6-10-19(18)20/h5-6,8,10,12-13,20H,7,9,11,14H2,1-4H3,(H,23,25). The number of hydrogen-bond acceptors (Lipinski definition) is 3. The molecule has 1 N–H and O–H groups in total. The van der Waals surface area contributed by atoms with E-state index in [9.17, 15) is 13.2 Å². The summed E-state index contributed by atoms with van der Waals surface area (Å²) in [4.78, 5) is 12.8. The third kappa shape index (κ3) is 4.38. The Balaban J connectivity index is 1.85. The number of anilines is 1. The zero-order chi connectivity index (χ0) is 20.5. The van der Waals surface area contributed by atoms with Gasteiger partial charge in [0.15, 0.2) is 0 Å². The van der Waals surface area contributed by atoms with Crippen molar-refractivity contribution in [3.8, 4) is 0 Å². The number of carbonyl (C=O) groups is 1. The number of benzene rings is 2. The highest BCUT2D eigenvalue weighted by Gasteiger charge is 2.27. The van der Waals surface area contributed by atoms with Crippen LogP contribution >= 0.6 is 0 Å². The molecule has 1 aliphatic carbocycles. The van der Waals surface area contributed by atoms with Crippen molar-refractivity contribution in [2.75, 3.05) is 17.1 Å². The van der Waals surface area contributed by atoms with Gasteiger partial charge in [-0.3, -0.25) is 9.10 Å². The fourth-order valence-electron chi connectivity index (χ4n) is 4.20. The van der Waals surface area contributed by atoms with Crippen LogP contribution in [0.1, 0.15) is 46.7 Å². The van der Waals surface area contributed by atoms with Crippen molar-refractivity contribution in [2.45, 2.75) is 46.1 Å². The molecule has 0 spiro atoms. The summed E-state index contributed by atoms with van der Waals surface area (Å²) in [6.07, 6.45) is 4.03. The molecule has 0 bridgehead atoms. The van der Waals surface area contributed by atoms with Gasteiger partial charge in [-0.2, -0.15) is 0 Å². The van der Waals surface area contributed by atoms with Crippen LogP contribution in [0, 0.1) is 20.8 Å². The quantitative estimate of drug-likeness (QED) is 0.834. The van der Waals surface area contributed by atoms with Gasteiger partial charge in [0.1, 0.15) is 6.54 Å². The van der Waals surface area contributed by atoms with Gasteiger partial charge in [-0.05, 0) is 62.3 Å². The van der Waals surface area contributed by atoms with Crippen LogP contribution in [0.4, 0.5) is 5.69 Å². The van der Waals surface area contributed by atoms with E-state index in [1.807, 2.05) is 51.1 Å². The number of hydrogen-bond donors (Lipinski definition) is 1. The normalized spacial score (nSPS) is 16.4. The second-order valence-electron chi connectivity index (χ2n) is 7.73. The van der Waals surface area contributed by atoms with Crippen molar-refractivity contribution in [3.63, 3.8) is 0 Å². The van der Waals surface area contributed by atoms with Crippen LogP contribution in [0.15, 0.2) is 36.4 Å². The molecule has 150 valence electrons. The van der Waals surface area contributed by atoms with Gasteiger partial charge in [-0.25, -0.2) is 8.42 Å². The van der Waals surface area contributed by atoms with Crippen LogP contribution in [-0.2, 0) is 21.2 Å². The minimum atomic E-state index is -3.60. The van der Waals surface area contributed by atoms with E-state index in [0.717, 1.165) is 47.8 Å². The molecular formula is C22H28N2O3S. The first-order chi connectivity index (χ1) is 13.2. The van der Waals surface area contributed by atoms with Crippen molar-refractivity contribution < 1.29 is 13.2 Å². The fourth-order valence-corrected chi connectivity index (χ4v) is 5.17. The summed E-state index contributed by atoms with van der Waals surface area (Å²) in [5, 5.41) is 3.05. The predicted molar refractivity (Wildman–Crippen MR) is 113 cm³/mol. The number of rotatable bonds is 5. The lowest BCUT2D eigenvalue weighted by molar-refractivity contribution is -0.120. The maximum atomic E-state index is 12.8. The SMILES string of the molecule is Cc1cc(C)c(N(CC(=O)NC2CCCc3ccccc32)S(C)(=O)=O)c(C)c1. The van der Waals surface area contributed by atoms with Gasteiger partial charge in [-0.1, -0.05) is 42.0 Å². The summed E-state index contributed by atoms with van der Waals surface area (Å²) >= 11 is 0. The molecule has 0 aliphatic heterocycles. The van der Waals surface area contributed by atoms with E-state index in [4.69, 9.17) is 0 Å². The highest BCUT2D eigenvalue weighted by Crippen LogP contribution is 2.30. The summed E-state index contributed by atoms with van der Waals surface area (Å²) in [6.45, 7) is 5.51. The molecule has 0 saturated carbocycles. The van der Waals surface area contributed by atoms with Crippen LogP contribution in [-0.4, -0.2) is 27.1 Å². The Kier molecular flexibility index (Phi) is 5.79. The van der Waals surface area contributed by atoms with Gasteiger partial charge >= 0.3 is 0 Å². The Bertz CT molecular complexity index is 976. The summed E-state index contributed by atoms with van der Waals surface area (Å²) in [5.41, 5.74) is 5.74. The van der Waals surface area contributed by atoms with Crippen molar-refractivity contribution in [3.05, 3.63) is 64.2 Å². The highest BCUT2D eigenvalue weighted by molar-refractivity contribution is 7.92. The van der Waals surface area contributed by atoms with Gasteiger partial charge in [0.2, 0.25) is 15.9 Å². The summed E-state index contributed by atoms with van der Waals surface area (Å²) in [5.74, 6) is -0.286. The molecule has 0 saturated heterocycles. The van der Waals surface area contributed by atoms with Crippen LogP contribution in [0.25, 0.3) is 0 Å². The summed E-state index contributed by atoms with van der Waals surface area (Å²) < 4.78 is 26.2. The number of fused-ring (bicyclic) bond motifs is 1. The lowest BCUT2D eigenvalue weighted by atomic mass is 9.88. The fraction of sp³-hybridized carbons (Fsp3) is 0.409. The number of amides is 1. The van der Waals surface area contributed by atoms with Crippen molar-refractivity contribution >= 4 is 21.6 Å². The second-order valence-corrected chi connectivity index (χ2v) is 9.63. The number of nitrogens with one attached hydrogen (secondary N) is 1. The van der Waals surface area contributed by atoms with E-state index in [1.54, 1.807) is 0 Å². The smallest absolute Gasteiger partial charge is 0.241 e. The van der Waals surface area contributed by atoms with Crippen molar-refractivity contribution in [1.82, 2.24) is 5.32 Å². The minimum absolute atomic E-state index is 0.0703. The molecule has 1 amide bonds. The molecule has 3 rings (SSSR count). The largest absolute Gasteiger partial charge is 0.348 e. The lowest BCUT2D eigenvalue weighted by Crippen LogP contribution is -2.42. The highest BCUT2D eigenvalue weighted by atomic mass is 32.2. The van der Waals surface area contributed by atoms with Gasteiger partial charge in [-0.15, -0.1) is 0 Å². The van der Waals surface area contributed by atoms with E-state index >= 15 is 0 Å². The number of carbonyl (C=O) groups excluding carboxylic acids is 1. The Labute approximate surface area is 167 Å². The Morgan fingerprint density at radius 3 is 2.43 bits per heavy atom. The molecule has 2 aromatic carbocycles.